The minimum atomic E-state index is -0.126. The Hall–Kier alpha value is -0.460. The van der Waals surface area contributed by atoms with Crippen LogP contribution in [0.5, 0.6) is 0 Å². The van der Waals surface area contributed by atoms with E-state index in [9.17, 15) is 0 Å². The summed E-state index contributed by atoms with van der Waals surface area (Å²) in [4.78, 5) is 5.45. The van der Waals surface area contributed by atoms with E-state index in [1.165, 1.54) is 24.0 Å². The summed E-state index contributed by atoms with van der Waals surface area (Å²) in [5.74, 6) is 2.29. The maximum Gasteiger partial charge on any atom is 0.175 e. The van der Waals surface area contributed by atoms with Crippen LogP contribution in [0.3, 0.4) is 0 Å². The Labute approximate surface area is 151 Å². The van der Waals surface area contributed by atoms with Gasteiger partial charge < -0.3 is 15.2 Å². The third-order valence-corrected chi connectivity index (χ3v) is 4.89. The lowest BCUT2D eigenvalue weighted by atomic mass is 9.71. The number of methoxy groups -OCH3 is 1. The summed E-state index contributed by atoms with van der Waals surface area (Å²) in [7, 11) is 3.41. The van der Waals surface area contributed by atoms with Crippen LogP contribution in [-0.4, -0.2) is 38.7 Å². The van der Waals surface area contributed by atoms with Gasteiger partial charge in [0.2, 0.25) is 0 Å². The Morgan fingerprint density at radius 1 is 1.35 bits per heavy atom. The second-order valence-electron chi connectivity index (χ2n) is 6.13. The lowest BCUT2D eigenvalue weighted by molar-refractivity contribution is -0.189. The fourth-order valence-corrected chi connectivity index (χ4v) is 4.00. The van der Waals surface area contributed by atoms with Crippen LogP contribution in [0.2, 0.25) is 0 Å². The van der Waals surface area contributed by atoms with E-state index in [-0.39, 0.29) is 31.0 Å². The van der Waals surface area contributed by atoms with Gasteiger partial charge in [0.1, 0.15) is 5.76 Å². The zero-order chi connectivity index (χ0) is 14.8. The van der Waals surface area contributed by atoms with Crippen LogP contribution in [0.4, 0.5) is 0 Å². The molecule has 7 heteroatoms. The average Bonchev–Trinajstić information content (AvgIpc) is 2.52. The highest BCUT2D eigenvalue weighted by Gasteiger charge is 2.41. The highest BCUT2D eigenvalue weighted by atomic mass is 35.5. The van der Waals surface area contributed by atoms with Gasteiger partial charge in [-0.2, -0.15) is 0 Å². The van der Waals surface area contributed by atoms with Crippen LogP contribution in [0.15, 0.2) is 23.1 Å². The third kappa shape index (κ3) is 3.97. The zero-order valence-corrected chi connectivity index (χ0v) is 15.5. The average molecular weight is 367 g/mol. The van der Waals surface area contributed by atoms with Crippen LogP contribution in [0.25, 0.3) is 0 Å². The predicted octanol–water partition coefficient (Wildman–Crippen LogP) is 3.00. The fraction of sp³-hybridized carbons (Fsp3) is 0.750. The molecule has 5 nitrogen and oxygen atoms in total. The van der Waals surface area contributed by atoms with E-state index in [1.807, 2.05) is 6.20 Å². The number of halogens is 2. The van der Waals surface area contributed by atoms with Crippen molar-refractivity contribution in [3.63, 3.8) is 0 Å². The minimum Gasteiger partial charge on any atom is -0.492 e. The number of nitrogens with zero attached hydrogens (tertiary/aromatic N) is 1. The van der Waals surface area contributed by atoms with Gasteiger partial charge in [0.15, 0.2) is 6.23 Å². The number of hydroxylamine groups is 2. The Kier molecular flexibility index (Phi) is 8.18. The summed E-state index contributed by atoms with van der Waals surface area (Å²) in [6, 6.07) is 0. The molecule has 3 unspecified atom stereocenters. The molecule has 2 N–H and O–H groups in total. The van der Waals surface area contributed by atoms with Crippen LogP contribution >= 0.6 is 24.8 Å². The molecular weight excluding hydrogens is 339 g/mol. The van der Waals surface area contributed by atoms with Crippen molar-refractivity contribution in [2.75, 3.05) is 27.4 Å². The molecule has 2 heterocycles. The first kappa shape index (κ1) is 20.6. The summed E-state index contributed by atoms with van der Waals surface area (Å²) < 4.78 is 11.6. The number of hydrogen-bond donors (Lipinski definition) is 1. The van der Waals surface area contributed by atoms with E-state index in [0.717, 1.165) is 38.2 Å². The third-order valence-electron chi connectivity index (χ3n) is 4.89. The molecule has 2 aliphatic heterocycles. The van der Waals surface area contributed by atoms with Gasteiger partial charge >= 0.3 is 0 Å². The Bertz CT molecular complexity index is 457. The molecule has 0 aromatic heterocycles. The maximum atomic E-state index is 5.87. The standard InChI is InChI=1S/C16H26N2O3.2ClH/c1-19-16-13-9-11(4-3-6-17)8-12-5-7-21-14(15(12)13)10-18(16)20-2;;/h10-12,16H,3-9,17H2,1-2H3;2*1H. The predicted molar refractivity (Wildman–Crippen MR) is 94.3 cm³/mol. The van der Waals surface area contributed by atoms with Gasteiger partial charge in [-0.25, -0.2) is 5.06 Å². The summed E-state index contributed by atoms with van der Waals surface area (Å²) in [5, 5.41) is 1.77. The summed E-state index contributed by atoms with van der Waals surface area (Å²) in [6.07, 6.45) is 7.54. The van der Waals surface area contributed by atoms with Crippen LogP contribution < -0.4 is 5.73 Å². The van der Waals surface area contributed by atoms with Crippen LogP contribution in [0, 0.1) is 11.8 Å². The van der Waals surface area contributed by atoms with E-state index in [1.54, 1.807) is 19.3 Å². The highest BCUT2D eigenvalue weighted by molar-refractivity contribution is 5.85. The van der Waals surface area contributed by atoms with Crippen LogP contribution in [-0.2, 0) is 14.3 Å². The molecule has 0 saturated carbocycles. The van der Waals surface area contributed by atoms with E-state index in [4.69, 9.17) is 20.0 Å². The van der Waals surface area contributed by atoms with E-state index in [0.29, 0.717) is 11.8 Å². The molecule has 134 valence electrons. The smallest absolute Gasteiger partial charge is 0.175 e. The molecular formula is C16H28Cl2N2O3. The number of ether oxygens (including phenoxy) is 2. The molecule has 0 aromatic rings. The minimum absolute atomic E-state index is 0. The first-order valence-corrected chi connectivity index (χ1v) is 7.91. The normalized spacial score (nSPS) is 28.9. The molecule has 3 rings (SSSR count). The molecule has 0 bridgehead atoms. The number of nitrogens with two attached hydrogens (primary N) is 1. The Balaban J connectivity index is 0.00000132. The fourth-order valence-electron chi connectivity index (χ4n) is 4.00. The molecule has 1 aliphatic carbocycles. The van der Waals surface area contributed by atoms with Gasteiger partial charge in [-0.05, 0) is 56.1 Å². The van der Waals surface area contributed by atoms with Crippen LogP contribution in [0.1, 0.15) is 32.1 Å². The van der Waals surface area contributed by atoms with Gasteiger partial charge in [-0.15, -0.1) is 24.8 Å². The topological polar surface area (TPSA) is 57.0 Å². The summed E-state index contributed by atoms with van der Waals surface area (Å²) in [5.41, 5.74) is 8.40. The van der Waals surface area contributed by atoms with Crippen molar-refractivity contribution in [2.24, 2.45) is 17.6 Å². The van der Waals surface area contributed by atoms with Gasteiger partial charge in [0, 0.05) is 12.7 Å². The zero-order valence-electron chi connectivity index (χ0n) is 13.8. The van der Waals surface area contributed by atoms with Gasteiger partial charge in [0.25, 0.3) is 0 Å². The Morgan fingerprint density at radius 3 is 2.78 bits per heavy atom. The van der Waals surface area contributed by atoms with Crippen molar-refractivity contribution in [1.82, 2.24) is 5.06 Å². The molecule has 1 saturated heterocycles. The lowest BCUT2D eigenvalue weighted by Crippen LogP contribution is -2.42. The highest BCUT2D eigenvalue weighted by Crippen LogP contribution is 2.47. The van der Waals surface area contributed by atoms with Crippen molar-refractivity contribution >= 4 is 24.8 Å². The van der Waals surface area contributed by atoms with Gasteiger partial charge in [-0.1, -0.05) is 0 Å². The molecule has 0 amide bonds. The first-order chi connectivity index (χ1) is 10.3. The van der Waals surface area contributed by atoms with Gasteiger partial charge in [-0.3, -0.25) is 4.84 Å². The molecule has 0 radical (unpaired) electrons. The molecule has 0 spiro atoms. The molecule has 1 fully saturated rings. The van der Waals surface area contributed by atoms with E-state index >= 15 is 0 Å². The van der Waals surface area contributed by atoms with Crippen molar-refractivity contribution < 1.29 is 14.3 Å². The number of allylic oxidation sites excluding steroid dienone is 1. The Morgan fingerprint density at radius 2 is 2.13 bits per heavy atom. The van der Waals surface area contributed by atoms with Gasteiger partial charge in [0.05, 0.1) is 19.9 Å². The molecule has 3 atom stereocenters. The van der Waals surface area contributed by atoms with E-state index in [2.05, 4.69) is 0 Å². The summed E-state index contributed by atoms with van der Waals surface area (Å²) >= 11 is 0. The van der Waals surface area contributed by atoms with Crippen molar-refractivity contribution in [3.8, 4) is 0 Å². The molecule has 3 aliphatic rings. The maximum absolute atomic E-state index is 5.87. The van der Waals surface area contributed by atoms with Crippen molar-refractivity contribution in [1.29, 1.82) is 0 Å². The van der Waals surface area contributed by atoms with E-state index < -0.39 is 0 Å². The summed E-state index contributed by atoms with van der Waals surface area (Å²) in [6.45, 7) is 1.57. The number of rotatable bonds is 5. The molecule has 0 aromatic carbocycles. The number of hydrogen-bond acceptors (Lipinski definition) is 5. The first-order valence-electron chi connectivity index (χ1n) is 7.91. The lowest BCUT2D eigenvalue weighted by Gasteiger charge is -2.44. The molecule has 23 heavy (non-hydrogen) atoms. The monoisotopic (exact) mass is 366 g/mol. The quantitative estimate of drug-likeness (QED) is 0.810. The van der Waals surface area contributed by atoms with Crippen molar-refractivity contribution in [3.05, 3.63) is 23.1 Å². The SMILES string of the molecule is COC1C2=C3C(=CN1OC)OCCC3CC(CCCN)C2.Cl.Cl. The second kappa shape index (κ2) is 9.14. The van der Waals surface area contributed by atoms with Crippen molar-refractivity contribution in [2.45, 2.75) is 38.3 Å². The second-order valence-corrected chi connectivity index (χ2v) is 6.13. The largest absolute Gasteiger partial charge is 0.492 e.